The molecule has 0 aromatic rings. The van der Waals surface area contributed by atoms with Crippen molar-refractivity contribution in [1.82, 2.24) is 0 Å². The van der Waals surface area contributed by atoms with Crippen LogP contribution in [-0.4, -0.2) is 55.9 Å². The molecule has 2 nitrogen and oxygen atoms in total. The van der Waals surface area contributed by atoms with E-state index in [4.69, 9.17) is 74.0 Å². The van der Waals surface area contributed by atoms with Gasteiger partial charge in [-0.1, -0.05) is 138 Å². The molecule has 0 saturated heterocycles. The molecule has 0 aliphatic heterocycles. The average Bonchev–Trinajstić information content (AvgIpc) is 2.84. The fraction of sp³-hybridized carbons (Fsp3) is 1.00. The van der Waals surface area contributed by atoms with Gasteiger partial charge < -0.3 is 9.53 Å². The van der Waals surface area contributed by atoms with Crippen molar-refractivity contribution in [3.63, 3.8) is 0 Å². The minimum absolute atomic E-state index is 0.0924. The van der Waals surface area contributed by atoms with Crippen molar-refractivity contribution >= 4 is 101 Å². The Kier molecular flexibility index (Phi) is 22.0. The van der Waals surface area contributed by atoms with E-state index in [9.17, 15) is 5.11 Å². The number of unbranched alkanes of at least 4 members (excludes halogenated alkanes) is 8. The fourth-order valence-corrected chi connectivity index (χ4v) is 7.63. The van der Waals surface area contributed by atoms with Gasteiger partial charge in [-0.2, -0.15) is 0 Å². The molecule has 0 bridgehead atoms. The maximum Gasteiger partial charge on any atom is 0.192 e. The van der Waals surface area contributed by atoms with Crippen LogP contribution in [0.25, 0.3) is 0 Å². The van der Waals surface area contributed by atoms with Gasteiger partial charge in [-0.05, 0) is 37.4 Å². The predicted molar refractivity (Wildman–Crippen MR) is 186 cm³/mol. The van der Waals surface area contributed by atoms with Crippen molar-refractivity contribution in [2.24, 2.45) is 0 Å². The predicted octanol–water partition coefficient (Wildman–Crippen LogP) is 11.9. The van der Waals surface area contributed by atoms with Gasteiger partial charge in [-0.25, -0.2) is 0 Å². The van der Waals surface area contributed by atoms with Crippen LogP contribution < -0.4 is 0 Å². The quantitative estimate of drug-likeness (QED) is 0.0512. The van der Waals surface area contributed by atoms with Crippen LogP contribution in [0.3, 0.4) is 0 Å². The molecule has 10 heteroatoms. The summed E-state index contributed by atoms with van der Waals surface area (Å²) in [7, 11) is -1.85. The highest BCUT2D eigenvalue weighted by Gasteiger charge is 2.39. The molecule has 0 aliphatic carbocycles. The van der Waals surface area contributed by atoms with Crippen molar-refractivity contribution in [3.8, 4) is 0 Å². The molecule has 0 fully saturated rings. The summed E-state index contributed by atoms with van der Waals surface area (Å²) in [4.78, 5) is 0. The number of aliphatic hydroxyl groups is 1. The molecule has 0 radical (unpaired) electrons. The van der Waals surface area contributed by atoms with Crippen LogP contribution in [0.1, 0.15) is 111 Å². The Balaban J connectivity index is 4.15. The van der Waals surface area contributed by atoms with Gasteiger partial charge in [-0.3, -0.25) is 0 Å². The van der Waals surface area contributed by atoms with Crippen LogP contribution in [0.5, 0.6) is 0 Å². The molecule has 0 saturated carbocycles. The first-order chi connectivity index (χ1) is 17.5. The molecule has 0 rings (SSSR count). The van der Waals surface area contributed by atoms with Crippen molar-refractivity contribution < 1.29 is 9.53 Å². The van der Waals surface area contributed by atoms with Gasteiger partial charge in [0, 0.05) is 9.30 Å². The van der Waals surface area contributed by atoms with E-state index in [0.29, 0.717) is 6.61 Å². The summed E-state index contributed by atoms with van der Waals surface area (Å²) in [6, 6.07) is 0. The Hall–Kier alpha value is 2.61. The van der Waals surface area contributed by atoms with E-state index in [0.717, 1.165) is 70.6 Å². The van der Waals surface area contributed by atoms with Crippen LogP contribution in [-0.2, 0) is 4.43 Å². The maximum atomic E-state index is 10.7. The summed E-state index contributed by atoms with van der Waals surface area (Å²) in [5.41, 5.74) is 0. The summed E-state index contributed by atoms with van der Waals surface area (Å²) >= 11 is 41.5. The number of hydrogen-bond acceptors (Lipinski definition) is 2. The lowest BCUT2D eigenvalue weighted by Crippen LogP contribution is -2.43. The number of alkyl halides is 7. The molecule has 0 aliphatic rings. The third-order valence-electron chi connectivity index (χ3n) is 7.70. The lowest BCUT2D eigenvalue weighted by molar-refractivity contribution is 0.159. The molecule has 38 heavy (non-hydrogen) atoms. The third-order valence-corrected chi connectivity index (χ3v) is 17.5. The number of aliphatic hydroxyl groups excluding tert-OH is 1. The number of rotatable bonds is 22. The summed E-state index contributed by atoms with van der Waals surface area (Å²) in [5.74, 6) is 0. The van der Waals surface area contributed by atoms with E-state index in [-0.39, 0.29) is 19.7 Å². The zero-order valence-corrected chi connectivity index (χ0v) is 32.1. The van der Waals surface area contributed by atoms with Crippen LogP contribution in [0.4, 0.5) is 0 Å². The maximum absolute atomic E-state index is 10.7. The lowest BCUT2D eigenvalue weighted by atomic mass is 10.00. The molecule has 0 unspecified atom stereocenters. The van der Waals surface area contributed by atoms with Crippen molar-refractivity contribution in [2.45, 2.75) is 165 Å². The van der Waals surface area contributed by atoms with Crippen molar-refractivity contribution in [1.29, 1.82) is 0 Å². The SMILES string of the molecule is CCCCCC[C@@H](Cl)[C@@H](Cl)[C@@H](O)[C@H](Cl)[C@H](I)[C@@H](Cl)CCCCCCCCC(Cl)(Cl)CO[Si](C)(C)C(C)(C)C. The van der Waals surface area contributed by atoms with Crippen LogP contribution in [0.2, 0.25) is 18.1 Å². The summed E-state index contributed by atoms with van der Waals surface area (Å²) in [6.07, 6.45) is 12.5. The van der Waals surface area contributed by atoms with Crippen LogP contribution in [0, 0.1) is 0 Å². The average molecular weight is 789 g/mol. The van der Waals surface area contributed by atoms with E-state index in [1.807, 2.05) is 0 Å². The molecule has 0 spiro atoms. The Morgan fingerprint density at radius 3 is 1.76 bits per heavy atom. The van der Waals surface area contributed by atoms with Gasteiger partial charge in [0.25, 0.3) is 0 Å². The Bertz CT molecular complexity index is 608. The van der Waals surface area contributed by atoms with Crippen LogP contribution in [0.15, 0.2) is 0 Å². The molecule has 0 aromatic carbocycles. The smallest absolute Gasteiger partial charge is 0.192 e. The molecule has 230 valence electrons. The van der Waals surface area contributed by atoms with E-state index >= 15 is 0 Å². The van der Waals surface area contributed by atoms with Crippen molar-refractivity contribution in [2.75, 3.05) is 6.61 Å². The third kappa shape index (κ3) is 17.0. The molecule has 1 N–H and O–H groups in total. The van der Waals surface area contributed by atoms with Gasteiger partial charge >= 0.3 is 0 Å². The molecule has 0 amide bonds. The monoisotopic (exact) mass is 786 g/mol. The fourth-order valence-electron chi connectivity index (χ4n) is 3.87. The number of hydrogen-bond donors (Lipinski definition) is 1. The molecule has 0 aromatic heterocycles. The summed E-state index contributed by atoms with van der Waals surface area (Å²) in [5, 5.41) is 9.31. The minimum atomic E-state index is -1.85. The second kappa shape index (κ2) is 20.5. The highest BCUT2D eigenvalue weighted by atomic mass is 127. The Labute approximate surface area is 279 Å². The second-order valence-electron chi connectivity index (χ2n) is 12.3. The highest BCUT2D eigenvalue weighted by molar-refractivity contribution is 14.1. The van der Waals surface area contributed by atoms with Gasteiger partial charge in [0.05, 0.1) is 28.8 Å². The van der Waals surface area contributed by atoms with Crippen LogP contribution >= 0.6 is 92.2 Å². The first kappa shape index (κ1) is 40.6. The standard InChI is InChI=1S/C28H53Cl6IO2Si/c1-7-8-9-14-17-21(29)23(31)26(36)24(32)25(35)22(30)18-15-12-10-11-13-16-19-28(33,34)20-37-38(5,6)27(2,3)4/h21-26,36H,7-20H2,1-6H3/t21-,22+,23-,24-,25-,26-/m1/s1. The highest BCUT2D eigenvalue weighted by Crippen LogP contribution is 2.39. The lowest BCUT2D eigenvalue weighted by Gasteiger charge is -2.37. The topological polar surface area (TPSA) is 29.5 Å². The zero-order valence-electron chi connectivity index (χ0n) is 24.4. The normalized spacial score (nSPS) is 18.2. The Morgan fingerprint density at radius 1 is 0.763 bits per heavy atom. The Morgan fingerprint density at radius 2 is 1.24 bits per heavy atom. The van der Waals surface area contributed by atoms with E-state index < -0.39 is 29.5 Å². The van der Waals surface area contributed by atoms with Gasteiger partial charge in [0.15, 0.2) is 8.32 Å². The van der Waals surface area contributed by atoms with Crippen molar-refractivity contribution in [3.05, 3.63) is 0 Å². The van der Waals surface area contributed by atoms with E-state index in [1.54, 1.807) is 0 Å². The first-order valence-corrected chi connectivity index (χ1v) is 21.0. The molecular formula is C28H53Cl6IO2Si. The molecular weight excluding hydrogens is 736 g/mol. The van der Waals surface area contributed by atoms with Gasteiger partial charge in [0.1, 0.15) is 4.33 Å². The van der Waals surface area contributed by atoms with E-state index in [1.165, 1.54) is 12.8 Å². The largest absolute Gasteiger partial charge is 0.414 e. The summed E-state index contributed by atoms with van der Waals surface area (Å²) < 4.78 is 5.30. The molecule has 0 heterocycles. The molecule has 6 atom stereocenters. The minimum Gasteiger partial charge on any atom is -0.414 e. The zero-order chi connectivity index (χ0) is 29.6. The number of halogens is 7. The summed E-state index contributed by atoms with van der Waals surface area (Å²) in [6.45, 7) is 13.7. The second-order valence-corrected chi connectivity index (χ2v) is 22.3. The van der Waals surface area contributed by atoms with Gasteiger partial charge in [-0.15, -0.1) is 46.4 Å². The first-order valence-electron chi connectivity index (χ1n) is 14.4. The van der Waals surface area contributed by atoms with Gasteiger partial charge in [0.2, 0.25) is 0 Å². The van der Waals surface area contributed by atoms with E-state index in [2.05, 4.69) is 63.4 Å².